The van der Waals surface area contributed by atoms with Gasteiger partial charge in [0.15, 0.2) is 5.52 Å². The van der Waals surface area contributed by atoms with Gasteiger partial charge < -0.3 is 19.5 Å². The monoisotopic (exact) mass is 447 g/mol. The third-order valence-corrected chi connectivity index (χ3v) is 5.74. The third kappa shape index (κ3) is 4.44. The van der Waals surface area contributed by atoms with E-state index >= 15 is 0 Å². The molecule has 0 unspecified atom stereocenters. The van der Waals surface area contributed by atoms with Crippen molar-refractivity contribution < 1.29 is 13.5 Å². The second-order valence-electron chi connectivity index (χ2n) is 8.04. The molecule has 0 amide bonds. The van der Waals surface area contributed by atoms with Crippen molar-refractivity contribution in [3.05, 3.63) is 45.8 Å². The van der Waals surface area contributed by atoms with Crippen molar-refractivity contribution >= 4 is 22.5 Å². The van der Waals surface area contributed by atoms with Crippen LogP contribution in [0.15, 0.2) is 23.0 Å². The Labute approximate surface area is 184 Å². The van der Waals surface area contributed by atoms with Gasteiger partial charge in [-0.25, -0.2) is 13.5 Å². The van der Waals surface area contributed by atoms with Crippen molar-refractivity contribution in [1.82, 2.24) is 24.9 Å². The summed E-state index contributed by atoms with van der Waals surface area (Å²) in [5.74, 6) is -0.489. The van der Waals surface area contributed by atoms with E-state index < -0.39 is 11.6 Å². The highest BCUT2D eigenvalue weighted by Crippen LogP contribution is 2.27. The number of halogens is 2. The summed E-state index contributed by atoms with van der Waals surface area (Å²) in [4.78, 5) is 20.7. The summed E-state index contributed by atoms with van der Waals surface area (Å²) in [6.45, 7) is 3.52. The molecule has 2 aromatic heterocycles. The standard InChI is InChI=1S/C21H27F2N7O2/c1-27(8-9-32-3)13-14-10-15(22)20(16(23)11-14)30-6-4-29(5-7-30)18-12-17-19(21(31)24-18)25-26-28(17)2/h10-12H,4-9,13H2,1-3H3,(H,24,31). The number of ether oxygens (including phenoxy) is 1. The number of nitrogens with one attached hydrogen (secondary N) is 1. The summed E-state index contributed by atoms with van der Waals surface area (Å²) < 4.78 is 36.3. The quantitative estimate of drug-likeness (QED) is 0.585. The first-order chi connectivity index (χ1) is 15.4. The maximum absolute atomic E-state index is 14.9. The van der Waals surface area contributed by atoms with Gasteiger partial charge in [0.25, 0.3) is 5.56 Å². The number of pyridine rings is 1. The Hall–Kier alpha value is -3.05. The van der Waals surface area contributed by atoms with Gasteiger partial charge in [-0.05, 0) is 24.7 Å². The molecule has 0 radical (unpaired) electrons. The first kappa shape index (κ1) is 22.2. The number of benzene rings is 1. The number of aromatic nitrogens is 4. The summed E-state index contributed by atoms with van der Waals surface area (Å²) >= 11 is 0. The summed E-state index contributed by atoms with van der Waals surface area (Å²) in [6.07, 6.45) is 0. The average molecular weight is 447 g/mol. The van der Waals surface area contributed by atoms with Crippen LogP contribution in [0.5, 0.6) is 0 Å². The number of aromatic amines is 1. The molecule has 9 nitrogen and oxygen atoms in total. The average Bonchev–Trinajstić information content (AvgIpc) is 3.13. The van der Waals surface area contributed by atoms with Crippen LogP contribution in [0, 0.1) is 11.6 Å². The highest BCUT2D eigenvalue weighted by Gasteiger charge is 2.24. The highest BCUT2D eigenvalue weighted by atomic mass is 19.1. The normalized spacial score (nSPS) is 14.7. The molecule has 1 N–H and O–H groups in total. The van der Waals surface area contributed by atoms with E-state index in [0.29, 0.717) is 62.8 Å². The first-order valence-electron chi connectivity index (χ1n) is 10.5. The van der Waals surface area contributed by atoms with Crippen molar-refractivity contribution in [3.63, 3.8) is 0 Å². The Bertz CT molecular complexity index is 1130. The van der Waals surface area contributed by atoms with Gasteiger partial charge in [0, 0.05) is 59.5 Å². The molecule has 1 aromatic carbocycles. The van der Waals surface area contributed by atoms with Gasteiger partial charge in [0.2, 0.25) is 0 Å². The summed E-state index contributed by atoms with van der Waals surface area (Å²) in [6, 6.07) is 4.62. The highest BCUT2D eigenvalue weighted by molar-refractivity contribution is 5.76. The predicted molar refractivity (Wildman–Crippen MR) is 118 cm³/mol. The van der Waals surface area contributed by atoms with Gasteiger partial charge in [0.05, 0.1) is 12.1 Å². The van der Waals surface area contributed by atoms with Gasteiger partial charge in [-0.15, -0.1) is 5.10 Å². The zero-order chi connectivity index (χ0) is 22.8. The molecule has 0 spiro atoms. The van der Waals surface area contributed by atoms with Crippen molar-refractivity contribution in [1.29, 1.82) is 0 Å². The molecule has 0 bridgehead atoms. The Morgan fingerprint density at radius 2 is 1.78 bits per heavy atom. The second kappa shape index (κ2) is 9.21. The van der Waals surface area contributed by atoms with Crippen LogP contribution in [0.1, 0.15) is 5.56 Å². The van der Waals surface area contributed by atoms with Gasteiger partial charge in [-0.2, -0.15) is 0 Å². The number of rotatable bonds is 7. The molecular formula is C21H27F2N7O2. The van der Waals surface area contributed by atoms with Crippen LogP contribution >= 0.6 is 0 Å². The molecule has 11 heteroatoms. The Balaban J connectivity index is 1.46. The zero-order valence-electron chi connectivity index (χ0n) is 18.4. The fourth-order valence-electron chi connectivity index (χ4n) is 4.02. The smallest absolute Gasteiger partial charge is 0.279 e. The summed E-state index contributed by atoms with van der Waals surface area (Å²) in [5, 5.41) is 7.75. The third-order valence-electron chi connectivity index (χ3n) is 5.74. The van der Waals surface area contributed by atoms with E-state index in [4.69, 9.17) is 4.74 Å². The first-order valence-corrected chi connectivity index (χ1v) is 10.5. The molecule has 4 rings (SSSR count). The van der Waals surface area contributed by atoms with Crippen molar-refractivity contribution in [3.8, 4) is 0 Å². The molecule has 172 valence electrons. The number of fused-ring (bicyclic) bond motifs is 1. The lowest BCUT2D eigenvalue weighted by atomic mass is 10.1. The fourth-order valence-corrected chi connectivity index (χ4v) is 4.02. The molecule has 0 aliphatic carbocycles. The predicted octanol–water partition coefficient (Wildman–Crippen LogP) is 1.34. The summed E-state index contributed by atoms with van der Waals surface area (Å²) in [7, 11) is 5.22. The number of hydrogen-bond donors (Lipinski definition) is 1. The van der Waals surface area contributed by atoms with Crippen molar-refractivity contribution in [2.75, 3.05) is 63.3 Å². The number of hydrogen-bond acceptors (Lipinski definition) is 7. The minimum Gasteiger partial charge on any atom is -0.383 e. The molecule has 1 aliphatic rings. The van der Waals surface area contributed by atoms with Gasteiger partial charge in [-0.1, -0.05) is 5.21 Å². The molecule has 32 heavy (non-hydrogen) atoms. The number of likely N-dealkylation sites (N-methyl/N-ethyl adjacent to an activating group) is 1. The molecule has 1 fully saturated rings. The molecule has 1 saturated heterocycles. The number of aryl methyl sites for hydroxylation is 1. The lowest BCUT2D eigenvalue weighted by Gasteiger charge is -2.37. The van der Waals surface area contributed by atoms with Crippen LogP contribution in [-0.4, -0.2) is 78.4 Å². The largest absolute Gasteiger partial charge is 0.383 e. The molecule has 0 atom stereocenters. The number of methoxy groups -OCH3 is 1. The van der Waals surface area contributed by atoms with E-state index in [0.717, 1.165) is 0 Å². The van der Waals surface area contributed by atoms with E-state index in [-0.39, 0.29) is 16.8 Å². The fraction of sp³-hybridized carbons (Fsp3) is 0.476. The van der Waals surface area contributed by atoms with Crippen molar-refractivity contribution in [2.45, 2.75) is 6.54 Å². The van der Waals surface area contributed by atoms with E-state index in [1.807, 2.05) is 22.9 Å². The number of H-pyrrole nitrogens is 1. The van der Waals surface area contributed by atoms with Crippen LogP contribution in [-0.2, 0) is 18.3 Å². The SMILES string of the molecule is COCCN(C)Cc1cc(F)c(N2CCN(c3cc4c(nnn4C)c(=O)[nH]3)CC2)c(F)c1. The van der Waals surface area contributed by atoms with Crippen LogP contribution in [0.25, 0.3) is 11.0 Å². The van der Waals surface area contributed by atoms with E-state index in [1.165, 1.54) is 12.1 Å². The Kier molecular flexibility index (Phi) is 6.38. The Morgan fingerprint density at radius 3 is 2.44 bits per heavy atom. The Morgan fingerprint density at radius 1 is 1.12 bits per heavy atom. The second-order valence-corrected chi connectivity index (χ2v) is 8.04. The minimum absolute atomic E-state index is 0.00674. The number of anilines is 2. The van der Waals surface area contributed by atoms with Gasteiger partial charge >= 0.3 is 0 Å². The lowest BCUT2D eigenvalue weighted by Crippen LogP contribution is -2.47. The topological polar surface area (TPSA) is 82.5 Å². The molecule has 3 heterocycles. The van der Waals surface area contributed by atoms with Crippen LogP contribution in [0.4, 0.5) is 20.3 Å². The van der Waals surface area contributed by atoms with Crippen LogP contribution in [0.2, 0.25) is 0 Å². The maximum atomic E-state index is 14.9. The zero-order valence-corrected chi connectivity index (χ0v) is 18.4. The van der Waals surface area contributed by atoms with Gasteiger partial charge in [0.1, 0.15) is 23.1 Å². The molecule has 0 saturated carbocycles. The van der Waals surface area contributed by atoms with Crippen LogP contribution in [0.3, 0.4) is 0 Å². The van der Waals surface area contributed by atoms with E-state index in [2.05, 4.69) is 15.3 Å². The molecule has 1 aliphatic heterocycles. The molecular weight excluding hydrogens is 420 g/mol. The number of piperazine rings is 1. The maximum Gasteiger partial charge on any atom is 0.279 e. The molecule has 3 aromatic rings. The van der Waals surface area contributed by atoms with E-state index in [1.54, 1.807) is 23.7 Å². The van der Waals surface area contributed by atoms with Crippen LogP contribution < -0.4 is 15.4 Å². The summed E-state index contributed by atoms with van der Waals surface area (Å²) in [5.41, 5.74) is 1.18. The van der Waals surface area contributed by atoms with Gasteiger partial charge in [-0.3, -0.25) is 9.69 Å². The lowest BCUT2D eigenvalue weighted by molar-refractivity contribution is 0.158. The minimum atomic E-state index is -0.565. The van der Waals surface area contributed by atoms with E-state index in [9.17, 15) is 13.6 Å². The van der Waals surface area contributed by atoms with Crippen molar-refractivity contribution in [2.24, 2.45) is 7.05 Å². The number of nitrogens with zero attached hydrogens (tertiary/aromatic N) is 6.